The number of para-hydroxylation sites is 2. The summed E-state index contributed by atoms with van der Waals surface area (Å²) >= 11 is 0. The van der Waals surface area contributed by atoms with E-state index in [9.17, 15) is 0 Å². The lowest BCUT2D eigenvalue weighted by Crippen LogP contribution is -2.61. The van der Waals surface area contributed by atoms with Crippen molar-refractivity contribution in [2.24, 2.45) is 0 Å². The SMILES string of the molecule is CC(C)(C)c1ccc(N2c3ccccc3B3c4ccccc4N(c4ccc(C(C)(C)C)cc4)c4cc(C(C)(C)C)cc2c43)cc1. The van der Waals surface area contributed by atoms with E-state index in [1.165, 1.54) is 67.2 Å². The summed E-state index contributed by atoms with van der Waals surface area (Å²) in [6, 6.07) is 41.5. The Labute approximate surface area is 270 Å². The first kappa shape index (κ1) is 29.5. The number of rotatable bonds is 2. The molecule has 7 rings (SSSR count). The van der Waals surface area contributed by atoms with E-state index in [2.05, 4.69) is 181 Å². The molecule has 0 spiro atoms. The lowest BCUT2D eigenvalue weighted by molar-refractivity contribution is 0.590. The number of hydrogen-bond acceptors (Lipinski definition) is 2. The molecule has 2 aliphatic rings. The second-order valence-corrected chi connectivity index (χ2v) is 16.0. The monoisotopic (exact) mass is 588 g/mol. The molecule has 0 bridgehead atoms. The third-order valence-corrected chi connectivity index (χ3v) is 9.73. The van der Waals surface area contributed by atoms with Crippen LogP contribution < -0.4 is 26.2 Å². The highest BCUT2D eigenvalue weighted by Gasteiger charge is 2.43. The van der Waals surface area contributed by atoms with E-state index < -0.39 is 0 Å². The molecule has 0 aliphatic carbocycles. The summed E-state index contributed by atoms with van der Waals surface area (Å²) in [5.41, 5.74) is 15.7. The molecule has 0 atom stereocenters. The Balaban J connectivity index is 1.54. The van der Waals surface area contributed by atoms with E-state index >= 15 is 0 Å². The van der Waals surface area contributed by atoms with Gasteiger partial charge in [0.1, 0.15) is 0 Å². The molecule has 2 heterocycles. The summed E-state index contributed by atoms with van der Waals surface area (Å²) in [7, 11) is 0. The number of fused-ring (bicyclic) bond motifs is 4. The van der Waals surface area contributed by atoms with Crippen LogP contribution in [0.25, 0.3) is 0 Å². The maximum atomic E-state index is 2.52. The molecule has 2 aliphatic heterocycles. The highest BCUT2D eigenvalue weighted by atomic mass is 15.2. The first-order valence-electron chi connectivity index (χ1n) is 16.4. The molecule has 0 amide bonds. The van der Waals surface area contributed by atoms with Crippen LogP contribution in [0.3, 0.4) is 0 Å². The van der Waals surface area contributed by atoms with Gasteiger partial charge in [-0.25, -0.2) is 0 Å². The molecular weight excluding hydrogens is 543 g/mol. The summed E-state index contributed by atoms with van der Waals surface area (Å²) in [6.07, 6.45) is 0. The highest BCUT2D eigenvalue weighted by molar-refractivity contribution is 7.00. The quantitative estimate of drug-likeness (QED) is 0.186. The highest BCUT2D eigenvalue weighted by Crippen LogP contribution is 2.46. The first-order chi connectivity index (χ1) is 21.2. The topological polar surface area (TPSA) is 6.48 Å². The molecule has 226 valence electrons. The van der Waals surface area contributed by atoms with Gasteiger partial charge < -0.3 is 9.80 Å². The summed E-state index contributed by atoms with van der Waals surface area (Å²) in [5, 5.41) is 0. The van der Waals surface area contributed by atoms with Gasteiger partial charge in [-0.15, -0.1) is 0 Å². The Morgan fingerprint density at radius 3 is 1.11 bits per heavy atom. The van der Waals surface area contributed by atoms with Crippen LogP contribution >= 0.6 is 0 Å². The maximum absolute atomic E-state index is 2.52. The second kappa shape index (κ2) is 10.1. The molecule has 0 saturated heterocycles. The molecule has 0 saturated carbocycles. The van der Waals surface area contributed by atoms with Crippen molar-refractivity contribution >= 4 is 57.2 Å². The lowest BCUT2D eigenvalue weighted by Gasteiger charge is -2.45. The van der Waals surface area contributed by atoms with Gasteiger partial charge >= 0.3 is 0 Å². The predicted molar refractivity (Wildman–Crippen MR) is 197 cm³/mol. The molecule has 45 heavy (non-hydrogen) atoms. The average molecular weight is 589 g/mol. The van der Waals surface area contributed by atoms with Gasteiger partial charge in [0.2, 0.25) is 0 Å². The fraction of sp³-hybridized carbons (Fsp3) is 0.286. The Morgan fingerprint density at radius 2 is 0.756 bits per heavy atom. The van der Waals surface area contributed by atoms with Crippen molar-refractivity contribution in [2.75, 3.05) is 9.80 Å². The van der Waals surface area contributed by atoms with Crippen LogP contribution in [0.4, 0.5) is 34.1 Å². The molecule has 0 radical (unpaired) electrons. The fourth-order valence-electron chi connectivity index (χ4n) is 7.11. The molecule has 0 N–H and O–H groups in total. The van der Waals surface area contributed by atoms with E-state index in [1.54, 1.807) is 0 Å². The van der Waals surface area contributed by atoms with E-state index in [-0.39, 0.29) is 23.0 Å². The van der Waals surface area contributed by atoms with Gasteiger partial charge in [-0.3, -0.25) is 0 Å². The van der Waals surface area contributed by atoms with Gasteiger partial charge in [-0.1, -0.05) is 123 Å². The van der Waals surface area contributed by atoms with Crippen molar-refractivity contribution < 1.29 is 0 Å². The average Bonchev–Trinajstić information content (AvgIpc) is 2.99. The third kappa shape index (κ3) is 4.88. The zero-order valence-corrected chi connectivity index (χ0v) is 28.4. The van der Waals surface area contributed by atoms with Gasteiger partial charge in [0, 0.05) is 34.1 Å². The maximum Gasteiger partial charge on any atom is 0.252 e. The Kier molecular flexibility index (Phi) is 6.64. The molecule has 0 aromatic heterocycles. The minimum atomic E-state index is -0.0293. The van der Waals surface area contributed by atoms with Gasteiger partial charge in [0.15, 0.2) is 0 Å². The summed E-state index contributed by atoms with van der Waals surface area (Å²) < 4.78 is 0. The van der Waals surface area contributed by atoms with Crippen LogP contribution in [0.15, 0.2) is 109 Å². The second-order valence-electron chi connectivity index (χ2n) is 16.0. The fourth-order valence-corrected chi connectivity index (χ4v) is 7.11. The number of benzene rings is 5. The number of anilines is 6. The van der Waals surface area contributed by atoms with Crippen LogP contribution in [-0.2, 0) is 16.2 Å². The van der Waals surface area contributed by atoms with Crippen molar-refractivity contribution in [1.82, 2.24) is 0 Å². The van der Waals surface area contributed by atoms with Crippen molar-refractivity contribution in [2.45, 2.75) is 78.6 Å². The first-order valence-corrected chi connectivity index (χ1v) is 16.4. The van der Waals surface area contributed by atoms with Crippen LogP contribution in [-0.4, -0.2) is 6.71 Å². The molecule has 3 heteroatoms. The number of nitrogens with zero attached hydrogens (tertiary/aromatic N) is 2. The van der Waals surface area contributed by atoms with Crippen molar-refractivity contribution in [1.29, 1.82) is 0 Å². The van der Waals surface area contributed by atoms with Crippen molar-refractivity contribution in [3.8, 4) is 0 Å². The zero-order valence-electron chi connectivity index (χ0n) is 28.4. The number of hydrogen-bond donors (Lipinski definition) is 0. The normalized spacial score (nSPS) is 14.2. The Morgan fingerprint density at radius 1 is 0.400 bits per heavy atom. The van der Waals surface area contributed by atoms with Crippen LogP contribution in [0.5, 0.6) is 0 Å². The molecule has 0 fully saturated rings. The van der Waals surface area contributed by atoms with Gasteiger partial charge in [0.05, 0.1) is 0 Å². The van der Waals surface area contributed by atoms with Crippen LogP contribution in [0, 0.1) is 0 Å². The summed E-state index contributed by atoms with van der Waals surface area (Å²) in [6.45, 7) is 20.8. The Bertz CT molecular complexity index is 1770. The molecule has 5 aromatic carbocycles. The summed E-state index contributed by atoms with van der Waals surface area (Å²) in [5.74, 6) is 0. The van der Waals surface area contributed by atoms with E-state index in [0.29, 0.717) is 0 Å². The van der Waals surface area contributed by atoms with Gasteiger partial charge in [-0.2, -0.15) is 0 Å². The molecule has 2 nitrogen and oxygen atoms in total. The Hall–Kier alpha value is -4.24. The standard InChI is InChI=1S/C42H45BN2/c1-40(2,3)28-18-22-31(23-19-28)44-35-16-12-10-14-33(35)43-34-15-11-13-17-36(34)45(32-24-20-29(21-25-32)41(4,5)6)38-27-30(42(7,8)9)26-37(44)39(38)43/h10-27H,1-9H3. The van der Waals surface area contributed by atoms with Crippen LogP contribution in [0.2, 0.25) is 0 Å². The minimum absolute atomic E-state index is 0.0293. The zero-order chi connectivity index (χ0) is 31.9. The van der Waals surface area contributed by atoms with E-state index in [0.717, 1.165) is 0 Å². The minimum Gasteiger partial charge on any atom is -0.311 e. The molecule has 0 unspecified atom stereocenters. The van der Waals surface area contributed by atoms with Gasteiger partial charge in [-0.05, 0) is 97.9 Å². The van der Waals surface area contributed by atoms with Crippen LogP contribution in [0.1, 0.15) is 79.0 Å². The van der Waals surface area contributed by atoms with Crippen molar-refractivity contribution in [3.63, 3.8) is 0 Å². The van der Waals surface area contributed by atoms with E-state index in [4.69, 9.17) is 0 Å². The molecular formula is C42H45BN2. The third-order valence-electron chi connectivity index (χ3n) is 9.73. The van der Waals surface area contributed by atoms with Gasteiger partial charge in [0.25, 0.3) is 6.71 Å². The summed E-state index contributed by atoms with van der Waals surface area (Å²) in [4.78, 5) is 5.03. The lowest BCUT2D eigenvalue weighted by atomic mass is 9.33. The van der Waals surface area contributed by atoms with Crippen molar-refractivity contribution in [3.05, 3.63) is 126 Å². The molecule has 5 aromatic rings. The predicted octanol–water partition coefficient (Wildman–Crippen LogP) is 9.66. The van der Waals surface area contributed by atoms with E-state index in [1.807, 2.05) is 0 Å². The smallest absolute Gasteiger partial charge is 0.252 e. The largest absolute Gasteiger partial charge is 0.311 e.